The highest BCUT2D eigenvalue weighted by molar-refractivity contribution is 6.32. The molecule has 0 heterocycles. The Balaban J connectivity index is 1.85. The Bertz CT molecular complexity index is 614. The lowest BCUT2D eigenvalue weighted by Gasteiger charge is -2.13. The van der Waals surface area contributed by atoms with Gasteiger partial charge in [-0.1, -0.05) is 23.7 Å². The van der Waals surface area contributed by atoms with Gasteiger partial charge in [0.25, 0.3) is 0 Å². The van der Waals surface area contributed by atoms with Crippen LogP contribution in [0, 0.1) is 13.8 Å². The maximum absolute atomic E-state index is 6.10. The highest BCUT2D eigenvalue weighted by atomic mass is 35.5. The summed E-state index contributed by atoms with van der Waals surface area (Å²) < 4.78 is 5.14. The summed E-state index contributed by atoms with van der Waals surface area (Å²) in [5, 5.41) is 7.40. The zero-order valence-corrected chi connectivity index (χ0v) is 13.4. The molecule has 0 spiro atoms. The fourth-order valence-corrected chi connectivity index (χ4v) is 2.38. The van der Waals surface area contributed by atoms with Crippen molar-refractivity contribution >= 4 is 23.0 Å². The minimum Gasteiger partial charge on any atom is -0.495 e. The first-order valence-corrected chi connectivity index (χ1v) is 7.37. The van der Waals surface area contributed by atoms with E-state index in [4.69, 9.17) is 16.3 Å². The van der Waals surface area contributed by atoms with Gasteiger partial charge in [-0.3, -0.25) is 0 Å². The summed E-state index contributed by atoms with van der Waals surface area (Å²) in [4.78, 5) is 0. The summed E-state index contributed by atoms with van der Waals surface area (Å²) in [6.45, 7) is 5.91. The lowest BCUT2D eigenvalue weighted by atomic mass is 10.1. The number of hydrogen-bond acceptors (Lipinski definition) is 3. The molecule has 2 N–H and O–H groups in total. The smallest absolute Gasteiger partial charge is 0.137 e. The van der Waals surface area contributed by atoms with E-state index in [1.165, 1.54) is 16.8 Å². The van der Waals surface area contributed by atoms with Crippen molar-refractivity contribution in [1.29, 1.82) is 0 Å². The summed E-state index contributed by atoms with van der Waals surface area (Å²) in [5.41, 5.74) is 4.77. The standard InChI is InChI=1S/C17H21ClN2O/c1-12-5-4-6-16(13(12)2)20-10-9-19-14-7-8-17(21-3)15(18)11-14/h4-8,11,19-20H,9-10H2,1-3H3. The molecule has 3 nitrogen and oxygen atoms in total. The number of nitrogens with one attached hydrogen (secondary N) is 2. The molecular formula is C17H21ClN2O. The van der Waals surface area contributed by atoms with Crippen LogP contribution in [0.25, 0.3) is 0 Å². The third-order valence-electron chi connectivity index (χ3n) is 3.53. The van der Waals surface area contributed by atoms with Crippen LogP contribution < -0.4 is 15.4 Å². The molecule has 2 aromatic carbocycles. The second kappa shape index (κ2) is 7.23. The predicted molar refractivity (Wildman–Crippen MR) is 90.9 cm³/mol. The van der Waals surface area contributed by atoms with Gasteiger partial charge in [0.15, 0.2) is 0 Å². The molecule has 2 aromatic rings. The van der Waals surface area contributed by atoms with Crippen LogP contribution in [-0.4, -0.2) is 20.2 Å². The number of rotatable bonds is 6. The molecule has 112 valence electrons. The lowest BCUT2D eigenvalue weighted by Crippen LogP contribution is -2.14. The second-order valence-corrected chi connectivity index (χ2v) is 5.36. The van der Waals surface area contributed by atoms with Crippen LogP contribution in [0.4, 0.5) is 11.4 Å². The quantitative estimate of drug-likeness (QED) is 0.771. The molecule has 21 heavy (non-hydrogen) atoms. The molecule has 0 atom stereocenters. The van der Waals surface area contributed by atoms with Gasteiger partial charge >= 0.3 is 0 Å². The number of halogens is 1. The van der Waals surface area contributed by atoms with Crippen molar-refractivity contribution in [3.05, 3.63) is 52.5 Å². The van der Waals surface area contributed by atoms with Gasteiger partial charge < -0.3 is 15.4 Å². The van der Waals surface area contributed by atoms with Gasteiger partial charge in [-0.25, -0.2) is 0 Å². The lowest BCUT2D eigenvalue weighted by molar-refractivity contribution is 0.415. The van der Waals surface area contributed by atoms with Crippen molar-refractivity contribution in [2.75, 3.05) is 30.8 Å². The van der Waals surface area contributed by atoms with E-state index in [0.29, 0.717) is 10.8 Å². The van der Waals surface area contributed by atoms with Crippen LogP contribution in [-0.2, 0) is 0 Å². The molecule has 0 radical (unpaired) electrons. The first-order valence-electron chi connectivity index (χ1n) is 6.99. The van der Waals surface area contributed by atoms with Crippen LogP contribution in [0.5, 0.6) is 5.75 Å². The molecule has 0 aromatic heterocycles. The fraction of sp³-hybridized carbons (Fsp3) is 0.294. The van der Waals surface area contributed by atoms with E-state index in [-0.39, 0.29) is 0 Å². The number of aryl methyl sites for hydroxylation is 1. The predicted octanol–water partition coefficient (Wildman–Crippen LogP) is 4.49. The Morgan fingerprint density at radius 3 is 2.52 bits per heavy atom. The van der Waals surface area contributed by atoms with Gasteiger partial charge in [-0.2, -0.15) is 0 Å². The first kappa shape index (κ1) is 15.5. The summed E-state index contributed by atoms with van der Waals surface area (Å²) in [7, 11) is 1.61. The van der Waals surface area contributed by atoms with Gasteiger partial charge in [0.05, 0.1) is 12.1 Å². The summed E-state index contributed by atoms with van der Waals surface area (Å²) in [6, 6.07) is 12.0. The van der Waals surface area contributed by atoms with Crippen molar-refractivity contribution in [2.24, 2.45) is 0 Å². The Hall–Kier alpha value is -1.87. The van der Waals surface area contributed by atoms with Crippen molar-refractivity contribution < 1.29 is 4.74 Å². The minimum absolute atomic E-state index is 0.616. The van der Waals surface area contributed by atoms with Gasteiger partial charge in [-0.15, -0.1) is 0 Å². The topological polar surface area (TPSA) is 33.3 Å². The number of benzene rings is 2. The average molecular weight is 305 g/mol. The van der Waals surface area contributed by atoms with Crippen molar-refractivity contribution in [3.63, 3.8) is 0 Å². The Morgan fingerprint density at radius 2 is 1.81 bits per heavy atom. The van der Waals surface area contributed by atoms with Gasteiger partial charge in [0.2, 0.25) is 0 Å². The first-order chi connectivity index (χ1) is 10.1. The molecule has 0 aliphatic carbocycles. The zero-order chi connectivity index (χ0) is 15.2. The van der Waals surface area contributed by atoms with Gasteiger partial charge in [-0.05, 0) is 49.2 Å². The Kier molecular flexibility index (Phi) is 5.34. The normalized spacial score (nSPS) is 10.3. The monoisotopic (exact) mass is 304 g/mol. The van der Waals surface area contributed by atoms with Crippen LogP contribution in [0.1, 0.15) is 11.1 Å². The molecule has 2 rings (SSSR count). The number of anilines is 2. The Morgan fingerprint density at radius 1 is 1.05 bits per heavy atom. The molecule has 0 saturated heterocycles. The van der Waals surface area contributed by atoms with E-state index < -0.39 is 0 Å². The summed E-state index contributed by atoms with van der Waals surface area (Å²) in [6.07, 6.45) is 0. The van der Waals surface area contributed by atoms with E-state index in [2.05, 4.69) is 42.7 Å². The molecule has 0 unspecified atom stereocenters. The van der Waals surface area contributed by atoms with Gasteiger partial charge in [0, 0.05) is 24.5 Å². The van der Waals surface area contributed by atoms with Crippen molar-refractivity contribution in [1.82, 2.24) is 0 Å². The molecular weight excluding hydrogens is 284 g/mol. The Labute approximate surface area is 131 Å². The SMILES string of the molecule is COc1ccc(NCCNc2cccc(C)c2C)cc1Cl. The van der Waals surface area contributed by atoms with E-state index in [0.717, 1.165) is 18.8 Å². The highest BCUT2D eigenvalue weighted by Crippen LogP contribution is 2.27. The molecule has 0 bridgehead atoms. The zero-order valence-electron chi connectivity index (χ0n) is 12.7. The summed E-state index contributed by atoms with van der Waals surface area (Å²) in [5.74, 6) is 0.690. The average Bonchev–Trinajstić information content (AvgIpc) is 2.48. The second-order valence-electron chi connectivity index (χ2n) is 4.95. The molecule has 0 saturated carbocycles. The van der Waals surface area contributed by atoms with Crippen molar-refractivity contribution in [3.8, 4) is 5.75 Å². The van der Waals surface area contributed by atoms with Crippen LogP contribution in [0.3, 0.4) is 0 Å². The molecule has 0 fully saturated rings. The number of methoxy groups -OCH3 is 1. The van der Waals surface area contributed by atoms with E-state index in [1.54, 1.807) is 7.11 Å². The fourth-order valence-electron chi connectivity index (χ4n) is 2.12. The minimum atomic E-state index is 0.616. The van der Waals surface area contributed by atoms with Crippen molar-refractivity contribution in [2.45, 2.75) is 13.8 Å². The van der Waals surface area contributed by atoms with Crippen LogP contribution in [0.2, 0.25) is 5.02 Å². The third-order valence-corrected chi connectivity index (χ3v) is 3.82. The maximum Gasteiger partial charge on any atom is 0.137 e. The maximum atomic E-state index is 6.10. The third kappa shape index (κ3) is 4.05. The van der Waals surface area contributed by atoms with E-state index >= 15 is 0 Å². The number of hydrogen-bond donors (Lipinski definition) is 2. The molecule has 4 heteroatoms. The van der Waals surface area contributed by atoms with Gasteiger partial charge in [0.1, 0.15) is 5.75 Å². The largest absolute Gasteiger partial charge is 0.495 e. The molecule has 0 aliphatic rings. The highest BCUT2D eigenvalue weighted by Gasteiger charge is 2.02. The summed E-state index contributed by atoms with van der Waals surface area (Å²) >= 11 is 6.10. The number of ether oxygens (including phenoxy) is 1. The van der Waals surface area contributed by atoms with E-state index in [9.17, 15) is 0 Å². The van der Waals surface area contributed by atoms with Crippen LogP contribution >= 0.6 is 11.6 Å². The van der Waals surface area contributed by atoms with E-state index in [1.807, 2.05) is 18.2 Å². The molecule has 0 amide bonds. The van der Waals surface area contributed by atoms with Crippen LogP contribution in [0.15, 0.2) is 36.4 Å². The molecule has 0 aliphatic heterocycles.